The molecular formula is C18H26F3N3O3. The van der Waals surface area contributed by atoms with E-state index >= 15 is 0 Å². The van der Waals surface area contributed by atoms with Gasteiger partial charge in [0.05, 0.1) is 24.5 Å². The van der Waals surface area contributed by atoms with E-state index in [1.807, 2.05) is 19.9 Å². The molecule has 1 aromatic rings. The molecule has 152 valence electrons. The number of amides is 1. The van der Waals surface area contributed by atoms with Gasteiger partial charge in [-0.3, -0.25) is 4.79 Å². The molecule has 2 heterocycles. The summed E-state index contributed by atoms with van der Waals surface area (Å²) in [6, 6.07) is 1.82. The van der Waals surface area contributed by atoms with E-state index in [0.717, 1.165) is 5.82 Å². The van der Waals surface area contributed by atoms with E-state index in [1.165, 1.54) is 0 Å². The number of ether oxygens (including phenoxy) is 1. The zero-order valence-corrected chi connectivity index (χ0v) is 15.8. The van der Waals surface area contributed by atoms with Crippen molar-refractivity contribution >= 4 is 11.7 Å². The lowest BCUT2D eigenvalue weighted by Crippen LogP contribution is -2.37. The fourth-order valence-electron chi connectivity index (χ4n) is 2.92. The Hall–Kier alpha value is -1.87. The van der Waals surface area contributed by atoms with Gasteiger partial charge < -0.3 is 20.1 Å². The second-order valence-corrected chi connectivity index (χ2v) is 6.91. The van der Waals surface area contributed by atoms with Crippen LogP contribution in [0, 0.1) is 6.92 Å². The van der Waals surface area contributed by atoms with Crippen LogP contribution < -0.4 is 10.2 Å². The van der Waals surface area contributed by atoms with Gasteiger partial charge in [0, 0.05) is 19.6 Å². The van der Waals surface area contributed by atoms with Crippen molar-refractivity contribution in [2.24, 2.45) is 0 Å². The van der Waals surface area contributed by atoms with Crippen LogP contribution in [-0.2, 0) is 4.74 Å². The first-order valence-corrected chi connectivity index (χ1v) is 8.98. The molecule has 0 spiro atoms. The first-order valence-electron chi connectivity index (χ1n) is 8.98. The number of morpholine rings is 1. The summed E-state index contributed by atoms with van der Waals surface area (Å²) in [6.07, 6.45) is -7.74. The Bertz CT molecular complexity index is 659. The highest BCUT2D eigenvalue weighted by Gasteiger charge is 2.37. The molecule has 1 saturated heterocycles. The van der Waals surface area contributed by atoms with Crippen LogP contribution in [0.3, 0.4) is 0 Å². The molecule has 0 aliphatic carbocycles. The molecule has 0 bridgehead atoms. The zero-order valence-electron chi connectivity index (χ0n) is 15.8. The molecular weight excluding hydrogens is 363 g/mol. The molecule has 0 saturated carbocycles. The summed E-state index contributed by atoms with van der Waals surface area (Å²) < 4.78 is 42.4. The largest absolute Gasteiger partial charge is 0.414 e. The summed E-state index contributed by atoms with van der Waals surface area (Å²) in [5, 5.41) is 11.5. The maximum Gasteiger partial charge on any atom is 0.414 e. The van der Waals surface area contributed by atoms with Crippen LogP contribution in [0.25, 0.3) is 0 Å². The van der Waals surface area contributed by atoms with Gasteiger partial charge in [-0.05, 0) is 30.9 Å². The van der Waals surface area contributed by atoms with Crippen molar-refractivity contribution in [1.29, 1.82) is 0 Å². The summed E-state index contributed by atoms with van der Waals surface area (Å²) in [6.45, 7) is 7.99. The Kier molecular flexibility index (Phi) is 7.05. The number of carbonyl (C=O) groups excluding carboxylic acids is 1. The minimum absolute atomic E-state index is 0.0359. The Morgan fingerprint density at radius 1 is 1.37 bits per heavy atom. The number of hydrogen-bond acceptors (Lipinski definition) is 5. The van der Waals surface area contributed by atoms with Crippen molar-refractivity contribution in [2.75, 3.05) is 37.7 Å². The highest BCUT2D eigenvalue weighted by molar-refractivity contribution is 5.97. The average molecular weight is 389 g/mol. The van der Waals surface area contributed by atoms with Crippen molar-refractivity contribution in [1.82, 2.24) is 10.3 Å². The number of halogens is 3. The second-order valence-electron chi connectivity index (χ2n) is 6.91. The summed E-state index contributed by atoms with van der Waals surface area (Å²) in [4.78, 5) is 19.3. The van der Waals surface area contributed by atoms with E-state index < -0.39 is 24.6 Å². The Morgan fingerprint density at radius 3 is 2.56 bits per heavy atom. The number of aliphatic hydroxyl groups excluding tert-OH is 1. The number of anilines is 1. The van der Waals surface area contributed by atoms with Gasteiger partial charge in [-0.15, -0.1) is 0 Å². The van der Waals surface area contributed by atoms with Gasteiger partial charge in [-0.1, -0.05) is 13.8 Å². The molecule has 0 radical (unpaired) electrons. The standard InChI is InChI=1S/C18H26F3N3O3/c1-11(2)16-15(17(26)22-5-4-13(25)18(19,20)21)12(3)10-14(23-16)24-6-8-27-9-7-24/h10-11,13,25H,4-9H2,1-3H3,(H,22,26). The fraction of sp³-hybridized carbons (Fsp3) is 0.667. The lowest BCUT2D eigenvalue weighted by molar-refractivity contribution is -0.204. The van der Waals surface area contributed by atoms with Gasteiger partial charge in [0.15, 0.2) is 6.10 Å². The summed E-state index contributed by atoms with van der Waals surface area (Å²) in [5.74, 6) is 0.251. The van der Waals surface area contributed by atoms with E-state index in [0.29, 0.717) is 43.1 Å². The van der Waals surface area contributed by atoms with Crippen LogP contribution in [0.4, 0.5) is 19.0 Å². The van der Waals surface area contributed by atoms with E-state index in [1.54, 1.807) is 6.92 Å². The average Bonchev–Trinajstić information content (AvgIpc) is 2.60. The number of alkyl halides is 3. The molecule has 9 heteroatoms. The summed E-state index contributed by atoms with van der Waals surface area (Å²) in [5.41, 5.74) is 1.69. The number of nitrogens with zero attached hydrogens (tertiary/aromatic N) is 2. The van der Waals surface area contributed by atoms with Gasteiger partial charge in [-0.2, -0.15) is 13.2 Å². The molecule has 2 rings (SSSR count). The minimum atomic E-state index is -4.69. The number of rotatable bonds is 6. The smallest absolute Gasteiger partial charge is 0.384 e. The molecule has 1 fully saturated rings. The SMILES string of the molecule is Cc1cc(N2CCOCC2)nc(C(C)C)c1C(=O)NCCC(O)C(F)(F)F. The molecule has 1 aliphatic rings. The van der Waals surface area contributed by atoms with Crippen molar-refractivity contribution in [3.63, 3.8) is 0 Å². The molecule has 6 nitrogen and oxygen atoms in total. The Balaban J connectivity index is 2.16. The molecule has 1 aliphatic heterocycles. The van der Waals surface area contributed by atoms with E-state index in [4.69, 9.17) is 9.84 Å². The van der Waals surface area contributed by atoms with Crippen molar-refractivity contribution in [3.8, 4) is 0 Å². The third kappa shape index (κ3) is 5.55. The number of hydrogen-bond donors (Lipinski definition) is 2. The molecule has 1 aromatic heterocycles. The van der Waals surface area contributed by atoms with Crippen LogP contribution in [0.1, 0.15) is 47.8 Å². The van der Waals surface area contributed by atoms with Gasteiger partial charge in [0.25, 0.3) is 5.91 Å². The third-order valence-electron chi connectivity index (χ3n) is 4.42. The molecule has 27 heavy (non-hydrogen) atoms. The van der Waals surface area contributed by atoms with Gasteiger partial charge in [0.2, 0.25) is 0 Å². The lowest BCUT2D eigenvalue weighted by Gasteiger charge is -2.29. The molecule has 1 amide bonds. The first kappa shape index (κ1) is 21.4. The topological polar surface area (TPSA) is 74.7 Å². The van der Waals surface area contributed by atoms with Crippen LogP contribution in [0.2, 0.25) is 0 Å². The van der Waals surface area contributed by atoms with Crippen LogP contribution in [0.15, 0.2) is 6.07 Å². The monoisotopic (exact) mass is 389 g/mol. The number of carbonyl (C=O) groups is 1. The van der Waals surface area contributed by atoms with E-state index in [-0.39, 0.29) is 12.5 Å². The predicted molar refractivity (Wildman–Crippen MR) is 95.1 cm³/mol. The maximum absolute atomic E-state index is 12.6. The molecule has 0 aromatic carbocycles. The fourth-order valence-corrected chi connectivity index (χ4v) is 2.92. The summed E-state index contributed by atoms with van der Waals surface area (Å²) in [7, 11) is 0. The van der Waals surface area contributed by atoms with Gasteiger partial charge >= 0.3 is 6.18 Å². The second kappa shape index (κ2) is 8.88. The zero-order chi connectivity index (χ0) is 20.2. The highest BCUT2D eigenvalue weighted by Crippen LogP contribution is 2.26. The van der Waals surface area contributed by atoms with Crippen LogP contribution >= 0.6 is 0 Å². The Morgan fingerprint density at radius 2 is 2.00 bits per heavy atom. The van der Waals surface area contributed by atoms with Crippen molar-refractivity contribution in [3.05, 3.63) is 22.9 Å². The quantitative estimate of drug-likeness (QED) is 0.782. The third-order valence-corrected chi connectivity index (χ3v) is 4.42. The van der Waals surface area contributed by atoms with Gasteiger partial charge in [0.1, 0.15) is 5.82 Å². The molecule has 1 unspecified atom stereocenters. The summed E-state index contributed by atoms with van der Waals surface area (Å²) >= 11 is 0. The minimum Gasteiger partial charge on any atom is -0.384 e. The normalized spacial score (nSPS) is 16.5. The molecule has 2 N–H and O–H groups in total. The van der Waals surface area contributed by atoms with Crippen molar-refractivity contribution < 1.29 is 27.8 Å². The van der Waals surface area contributed by atoms with E-state index in [9.17, 15) is 18.0 Å². The number of aryl methyl sites for hydroxylation is 1. The predicted octanol–water partition coefficient (Wildman–Crippen LogP) is 2.39. The number of nitrogens with one attached hydrogen (secondary N) is 1. The lowest BCUT2D eigenvalue weighted by atomic mass is 9.98. The van der Waals surface area contributed by atoms with E-state index in [2.05, 4.69) is 15.2 Å². The molecule has 1 atom stereocenters. The highest BCUT2D eigenvalue weighted by atomic mass is 19.4. The van der Waals surface area contributed by atoms with Gasteiger partial charge in [-0.25, -0.2) is 4.98 Å². The number of pyridine rings is 1. The number of aliphatic hydroxyl groups is 1. The van der Waals surface area contributed by atoms with Crippen molar-refractivity contribution in [2.45, 2.75) is 45.4 Å². The first-order chi connectivity index (χ1) is 12.6. The van der Waals surface area contributed by atoms with Crippen LogP contribution in [0.5, 0.6) is 0 Å². The number of aromatic nitrogens is 1. The Labute approximate surface area is 156 Å². The van der Waals surface area contributed by atoms with Crippen LogP contribution in [-0.4, -0.2) is 61.1 Å². The maximum atomic E-state index is 12.6.